The molecule has 1 aliphatic rings. The van der Waals surface area contributed by atoms with Crippen LogP contribution in [0.2, 0.25) is 36.3 Å². The molecule has 0 radical (unpaired) electrons. The van der Waals surface area contributed by atoms with E-state index in [1.54, 1.807) is 0 Å². The van der Waals surface area contributed by atoms with Crippen LogP contribution in [-0.4, -0.2) is 16.1 Å². The molecule has 0 aliphatic heterocycles. The zero-order valence-electron chi connectivity index (χ0n) is 24.6. The summed E-state index contributed by atoms with van der Waals surface area (Å²) in [4.78, 5) is 0. The van der Waals surface area contributed by atoms with Crippen molar-refractivity contribution in [3.63, 3.8) is 0 Å². The van der Waals surface area contributed by atoms with Crippen molar-refractivity contribution in [2.24, 2.45) is 0 Å². The second-order valence-electron chi connectivity index (χ2n) is 11.4. The molecule has 1 heterocycles. The third-order valence-corrected chi connectivity index (χ3v) is 20.2. The lowest BCUT2D eigenvalue weighted by atomic mass is 9.72. The highest BCUT2D eigenvalue weighted by atomic mass is 32.1. The van der Waals surface area contributed by atoms with E-state index in [-0.39, 0.29) is 11.8 Å². The van der Waals surface area contributed by atoms with E-state index in [0.29, 0.717) is 0 Å². The summed E-state index contributed by atoms with van der Waals surface area (Å²) in [5.74, 6) is 8.11. The van der Waals surface area contributed by atoms with Crippen LogP contribution in [0.3, 0.4) is 0 Å². The van der Waals surface area contributed by atoms with Gasteiger partial charge in [-0.25, -0.2) is 0 Å². The Morgan fingerprint density at radius 2 is 0.974 bits per heavy atom. The normalized spacial score (nSPS) is 16.7. The van der Waals surface area contributed by atoms with Crippen molar-refractivity contribution in [2.45, 2.75) is 89.6 Å². The SMILES string of the molecule is CC[Si](C#CC1c2cc3ccccc3cc2C(C#C[Si](CC)(CC)CC)c2cc3sccc3cc21)(CC)CC. The van der Waals surface area contributed by atoms with Gasteiger partial charge in [0.25, 0.3) is 0 Å². The highest BCUT2D eigenvalue weighted by molar-refractivity contribution is 7.17. The maximum atomic E-state index is 3.99. The van der Waals surface area contributed by atoms with Crippen LogP contribution in [0.4, 0.5) is 0 Å². The summed E-state index contributed by atoms with van der Waals surface area (Å²) in [6.45, 7) is 14.1. The standard InChI is InChI=1S/C36H42SSi2/c1-7-38(8-2,9-3)21-18-30-32-23-27-15-13-14-16-28(27)24-33(32)31(19-22-39(10-4,11-5)12-6)35-26-36-29(17-20-37-36)25-34(30)35/h13-17,20,23-26,30-31H,7-12H2,1-6H3. The first-order valence-electron chi connectivity index (χ1n) is 15.0. The second kappa shape index (κ2) is 11.5. The minimum atomic E-state index is -1.59. The molecule has 5 rings (SSSR count). The van der Waals surface area contributed by atoms with E-state index in [9.17, 15) is 0 Å². The molecular weight excluding hydrogens is 521 g/mol. The van der Waals surface area contributed by atoms with Gasteiger partial charge < -0.3 is 0 Å². The van der Waals surface area contributed by atoms with E-state index in [1.807, 2.05) is 11.3 Å². The zero-order chi connectivity index (χ0) is 27.6. The summed E-state index contributed by atoms with van der Waals surface area (Å²) in [6.07, 6.45) is 0. The maximum absolute atomic E-state index is 3.99. The summed E-state index contributed by atoms with van der Waals surface area (Å²) in [7, 11) is -3.18. The molecule has 2 unspecified atom stereocenters. The van der Waals surface area contributed by atoms with Crippen LogP contribution < -0.4 is 0 Å². The number of hydrogen-bond donors (Lipinski definition) is 0. The van der Waals surface area contributed by atoms with E-state index in [1.165, 1.54) is 79.4 Å². The number of fused-ring (bicyclic) bond motifs is 4. The van der Waals surface area contributed by atoms with Gasteiger partial charge in [0.15, 0.2) is 0 Å². The summed E-state index contributed by atoms with van der Waals surface area (Å²) in [6, 6.07) is 28.3. The van der Waals surface area contributed by atoms with Gasteiger partial charge in [0.1, 0.15) is 16.1 Å². The first-order valence-corrected chi connectivity index (χ1v) is 21.2. The van der Waals surface area contributed by atoms with Crippen LogP contribution in [0.15, 0.2) is 60.0 Å². The van der Waals surface area contributed by atoms with Crippen molar-refractivity contribution in [2.75, 3.05) is 0 Å². The van der Waals surface area contributed by atoms with E-state index in [0.717, 1.165) is 0 Å². The topological polar surface area (TPSA) is 0 Å². The minimum absolute atomic E-state index is 0.101. The number of rotatable bonds is 6. The van der Waals surface area contributed by atoms with Crippen LogP contribution in [0.5, 0.6) is 0 Å². The van der Waals surface area contributed by atoms with E-state index >= 15 is 0 Å². The summed E-state index contributed by atoms with van der Waals surface area (Å²) >= 11 is 1.84. The average Bonchev–Trinajstić information content (AvgIpc) is 3.45. The Balaban J connectivity index is 1.82. The molecule has 3 heteroatoms. The van der Waals surface area contributed by atoms with Gasteiger partial charge in [-0.2, -0.15) is 0 Å². The van der Waals surface area contributed by atoms with Crippen LogP contribution in [0, 0.1) is 22.9 Å². The van der Waals surface area contributed by atoms with Crippen molar-refractivity contribution in [3.8, 4) is 22.9 Å². The van der Waals surface area contributed by atoms with E-state index < -0.39 is 16.1 Å². The van der Waals surface area contributed by atoms with Gasteiger partial charge in [0, 0.05) is 4.70 Å². The lowest BCUT2D eigenvalue weighted by Gasteiger charge is -2.31. The summed E-state index contributed by atoms with van der Waals surface area (Å²) in [5, 5.41) is 6.18. The van der Waals surface area contributed by atoms with Crippen molar-refractivity contribution >= 4 is 48.3 Å². The fraction of sp³-hybridized carbons (Fsp3) is 0.389. The lowest BCUT2D eigenvalue weighted by molar-refractivity contribution is 0.895. The zero-order valence-corrected chi connectivity index (χ0v) is 27.4. The van der Waals surface area contributed by atoms with Gasteiger partial charge in [-0.15, -0.1) is 22.4 Å². The Bertz CT molecular complexity index is 1480. The van der Waals surface area contributed by atoms with Crippen molar-refractivity contribution in [1.29, 1.82) is 0 Å². The quantitative estimate of drug-likeness (QED) is 0.162. The molecule has 0 spiro atoms. The van der Waals surface area contributed by atoms with Crippen molar-refractivity contribution in [3.05, 3.63) is 82.2 Å². The molecule has 0 fully saturated rings. The van der Waals surface area contributed by atoms with Gasteiger partial charge in [0.05, 0.1) is 11.8 Å². The fourth-order valence-corrected chi connectivity index (χ4v) is 12.2. The minimum Gasteiger partial charge on any atom is -0.144 e. The Kier molecular flexibility index (Phi) is 8.25. The Labute approximate surface area is 242 Å². The molecule has 200 valence electrons. The average molecular weight is 563 g/mol. The molecular formula is C36H42SSi2. The highest BCUT2D eigenvalue weighted by Gasteiger charge is 2.34. The number of benzene rings is 3. The van der Waals surface area contributed by atoms with Crippen LogP contribution in [0.25, 0.3) is 20.9 Å². The smallest absolute Gasteiger partial charge is 0.137 e. The van der Waals surface area contributed by atoms with E-state index in [4.69, 9.17) is 0 Å². The van der Waals surface area contributed by atoms with Crippen LogP contribution in [0.1, 0.15) is 75.6 Å². The number of hydrogen-bond acceptors (Lipinski definition) is 1. The van der Waals surface area contributed by atoms with Gasteiger partial charge in [0.2, 0.25) is 0 Å². The molecule has 0 saturated heterocycles. The lowest BCUT2D eigenvalue weighted by Crippen LogP contribution is -2.30. The van der Waals surface area contributed by atoms with Crippen molar-refractivity contribution in [1.82, 2.24) is 0 Å². The van der Waals surface area contributed by atoms with Crippen LogP contribution >= 0.6 is 11.3 Å². The molecule has 3 aromatic carbocycles. The Hall–Kier alpha value is -2.57. The molecule has 1 aliphatic carbocycles. The Morgan fingerprint density at radius 1 is 0.564 bits per heavy atom. The molecule has 2 atom stereocenters. The predicted molar refractivity (Wildman–Crippen MR) is 179 cm³/mol. The molecule has 0 nitrogen and oxygen atoms in total. The van der Waals surface area contributed by atoms with Gasteiger partial charge in [-0.05, 0) is 110 Å². The maximum Gasteiger partial charge on any atom is 0.137 e. The van der Waals surface area contributed by atoms with Gasteiger partial charge >= 0.3 is 0 Å². The second-order valence-corrected chi connectivity index (χ2v) is 22.2. The van der Waals surface area contributed by atoms with E-state index in [2.05, 4.69) is 124 Å². The summed E-state index contributed by atoms with van der Waals surface area (Å²) in [5.41, 5.74) is 13.5. The predicted octanol–water partition coefficient (Wildman–Crippen LogP) is 10.7. The molecule has 0 amide bonds. The molecule has 0 N–H and O–H groups in total. The molecule has 0 saturated carbocycles. The third-order valence-electron chi connectivity index (χ3n) is 9.88. The fourth-order valence-electron chi connectivity index (χ4n) is 6.45. The first-order chi connectivity index (χ1) is 19.0. The van der Waals surface area contributed by atoms with Crippen LogP contribution in [-0.2, 0) is 0 Å². The largest absolute Gasteiger partial charge is 0.144 e. The summed E-state index contributed by atoms with van der Waals surface area (Å²) < 4.78 is 1.36. The molecule has 4 aromatic rings. The molecule has 1 aromatic heterocycles. The third kappa shape index (κ3) is 5.06. The molecule has 39 heavy (non-hydrogen) atoms. The highest BCUT2D eigenvalue weighted by Crippen LogP contribution is 2.46. The van der Waals surface area contributed by atoms with Crippen molar-refractivity contribution < 1.29 is 0 Å². The monoisotopic (exact) mass is 562 g/mol. The van der Waals surface area contributed by atoms with Gasteiger partial charge in [-0.3, -0.25) is 0 Å². The molecule has 0 bridgehead atoms. The Morgan fingerprint density at radius 3 is 1.41 bits per heavy atom. The first kappa shape index (κ1) is 28.0. The van der Waals surface area contributed by atoms with Gasteiger partial charge in [-0.1, -0.05) is 77.6 Å². The number of thiophene rings is 1.